The van der Waals surface area contributed by atoms with E-state index in [9.17, 15) is 4.79 Å². The Hall–Kier alpha value is -0.0900. The Morgan fingerprint density at radius 1 is 1.50 bits per heavy atom. The van der Waals surface area contributed by atoms with Gasteiger partial charge in [0.1, 0.15) is 0 Å². The molecule has 0 atom stereocenters. The standard InChI is InChI=1S/C6H5Br2NO/c7-1-4-2-9-3-5(8)6(4)10/h2-3H,1H2,(H,9,10). The van der Waals surface area contributed by atoms with Gasteiger partial charge in [0, 0.05) is 23.3 Å². The fraction of sp³-hybridized carbons (Fsp3) is 0.167. The average molecular weight is 267 g/mol. The van der Waals surface area contributed by atoms with E-state index in [0.29, 0.717) is 9.80 Å². The maximum Gasteiger partial charge on any atom is 0.199 e. The molecule has 0 unspecified atom stereocenters. The number of rotatable bonds is 1. The van der Waals surface area contributed by atoms with Crippen molar-refractivity contribution in [1.82, 2.24) is 4.98 Å². The molecule has 1 aromatic rings. The highest BCUT2D eigenvalue weighted by molar-refractivity contribution is 9.10. The third-order valence-electron chi connectivity index (χ3n) is 1.12. The lowest BCUT2D eigenvalue weighted by molar-refractivity contribution is 1.20. The Balaban J connectivity index is 3.28. The van der Waals surface area contributed by atoms with Gasteiger partial charge in [0.2, 0.25) is 0 Å². The molecule has 0 aromatic carbocycles. The van der Waals surface area contributed by atoms with Crippen LogP contribution in [0, 0.1) is 0 Å². The number of alkyl halides is 1. The summed E-state index contributed by atoms with van der Waals surface area (Å²) in [5, 5.41) is 0.585. The van der Waals surface area contributed by atoms with Gasteiger partial charge in [-0.2, -0.15) is 0 Å². The lowest BCUT2D eigenvalue weighted by Crippen LogP contribution is -2.07. The smallest absolute Gasteiger partial charge is 0.199 e. The van der Waals surface area contributed by atoms with E-state index in [1.165, 1.54) is 0 Å². The maximum atomic E-state index is 11.1. The molecule has 0 aliphatic heterocycles. The van der Waals surface area contributed by atoms with Gasteiger partial charge in [-0.15, -0.1) is 0 Å². The SMILES string of the molecule is O=c1c(Br)c[nH]cc1CBr. The number of aromatic amines is 1. The molecule has 0 amide bonds. The van der Waals surface area contributed by atoms with Gasteiger partial charge in [-0.25, -0.2) is 0 Å². The summed E-state index contributed by atoms with van der Waals surface area (Å²) in [6.07, 6.45) is 3.30. The van der Waals surface area contributed by atoms with Crippen LogP contribution in [-0.4, -0.2) is 4.98 Å². The number of nitrogens with one attached hydrogen (secondary N) is 1. The van der Waals surface area contributed by atoms with E-state index in [1.54, 1.807) is 12.4 Å². The number of hydrogen-bond acceptors (Lipinski definition) is 1. The molecule has 54 valence electrons. The Morgan fingerprint density at radius 3 is 2.70 bits per heavy atom. The zero-order chi connectivity index (χ0) is 7.56. The summed E-state index contributed by atoms with van der Waals surface area (Å²) in [5.74, 6) is 0. The first kappa shape index (κ1) is 8.01. The Bertz CT molecular complexity index is 281. The highest BCUT2D eigenvalue weighted by Gasteiger charge is 1.98. The number of aromatic nitrogens is 1. The van der Waals surface area contributed by atoms with Crippen molar-refractivity contribution in [3.05, 3.63) is 32.7 Å². The Labute approximate surface area is 74.9 Å². The van der Waals surface area contributed by atoms with Crippen molar-refractivity contribution in [3.63, 3.8) is 0 Å². The summed E-state index contributed by atoms with van der Waals surface area (Å²) >= 11 is 6.32. The van der Waals surface area contributed by atoms with Crippen LogP contribution in [0.1, 0.15) is 5.56 Å². The van der Waals surface area contributed by atoms with E-state index >= 15 is 0 Å². The maximum absolute atomic E-state index is 11.1. The molecule has 1 N–H and O–H groups in total. The third kappa shape index (κ3) is 1.49. The van der Waals surface area contributed by atoms with Crippen molar-refractivity contribution in [2.24, 2.45) is 0 Å². The molecule has 0 bridgehead atoms. The van der Waals surface area contributed by atoms with Crippen LogP contribution < -0.4 is 5.43 Å². The second kappa shape index (κ2) is 3.34. The summed E-state index contributed by atoms with van der Waals surface area (Å²) in [5.41, 5.74) is 0.769. The molecular formula is C6H5Br2NO. The largest absolute Gasteiger partial charge is 0.366 e. The van der Waals surface area contributed by atoms with E-state index in [-0.39, 0.29) is 5.43 Å². The van der Waals surface area contributed by atoms with Crippen LogP contribution in [0.4, 0.5) is 0 Å². The molecule has 0 saturated carbocycles. The van der Waals surface area contributed by atoms with Gasteiger partial charge < -0.3 is 4.98 Å². The Morgan fingerprint density at radius 2 is 2.20 bits per heavy atom. The molecule has 1 rings (SSSR count). The molecule has 0 radical (unpaired) electrons. The predicted molar refractivity (Wildman–Crippen MR) is 47.4 cm³/mol. The monoisotopic (exact) mass is 265 g/mol. The first-order valence-corrected chi connectivity index (χ1v) is 4.58. The van der Waals surface area contributed by atoms with E-state index in [0.717, 1.165) is 5.56 Å². The molecule has 0 saturated heterocycles. The minimum Gasteiger partial charge on any atom is -0.366 e. The van der Waals surface area contributed by atoms with Crippen molar-refractivity contribution in [3.8, 4) is 0 Å². The van der Waals surface area contributed by atoms with Crippen LogP contribution in [0.3, 0.4) is 0 Å². The van der Waals surface area contributed by atoms with Crippen LogP contribution >= 0.6 is 31.9 Å². The van der Waals surface area contributed by atoms with Gasteiger partial charge in [0.05, 0.1) is 4.47 Å². The molecule has 0 fully saturated rings. The first-order chi connectivity index (χ1) is 4.75. The third-order valence-corrected chi connectivity index (χ3v) is 2.31. The van der Waals surface area contributed by atoms with Crippen LogP contribution in [0.2, 0.25) is 0 Å². The average Bonchev–Trinajstić information content (AvgIpc) is 1.95. The summed E-state index contributed by atoms with van der Waals surface area (Å²) in [6, 6.07) is 0. The highest BCUT2D eigenvalue weighted by atomic mass is 79.9. The molecule has 4 heteroatoms. The van der Waals surface area contributed by atoms with E-state index < -0.39 is 0 Å². The van der Waals surface area contributed by atoms with Crippen molar-refractivity contribution in [2.45, 2.75) is 5.33 Å². The van der Waals surface area contributed by atoms with Crippen molar-refractivity contribution < 1.29 is 0 Å². The molecule has 1 heterocycles. The fourth-order valence-electron chi connectivity index (χ4n) is 0.599. The second-order valence-corrected chi connectivity index (χ2v) is 3.21. The van der Waals surface area contributed by atoms with Crippen LogP contribution in [0.15, 0.2) is 21.7 Å². The molecule has 0 aliphatic rings. The van der Waals surface area contributed by atoms with E-state index in [2.05, 4.69) is 36.8 Å². The van der Waals surface area contributed by atoms with Gasteiger partial charge in [-0.3, -0.25) is 4.79 Å². The number of pyridine rings is 1. The van der Waals surface area contributed by atoms with E-state index in [1.807, 2.05) is 0 Å². The van der Waals surface area contributed by atoms with Gasteiger partial charge in [0.15, 0.2) is 5.43 Å². The minimum absolute atomic E-state index is 0.0376. The van der Waals surface area contributed by atoms with Crippen molar-refractivity contribution in [2.75, 3.05) is 0 Å². The molecule has 0 aliphatic carbocycles. The van der Waals surface area contributed by atoms with Gasteiger partial charge in [-0.05, 0) is 15.9 Å². The molecule has 1 aromatic heterocycles. The zero-order valence-corrected chi connectivity index (χ0v) is 8.20. The summed E-state index contributed by atoms with van der Waals surface area (Å²) in [6.45, 7) is 0. The van der Waals surface area contributed by atoms with Gasteiger partial charge >= 0.3 is 0 Å². The normalized spacial score (nSPS) is 9.80. The zero-order valence-electron chi connectivity index (χ0n) is 5.03. The topological polar surface area (TPSA) is 32.9 Å². The number of halogens is 2. The van der Waals surface area contributed by atoms with Crippen molar-refractivity contribution in [1.29, 1.82) is 0 Å². The molecule has 0 spiro atoms. The molecule has 2 nitrogen and oxygen atoms in total. The summed E-state index contributed by atoms with van der Waals surface area (Å²) in [7, 11) is 0. The number of H-pyrrole nitrogens is 1. The van der Waals surface area contributed by atoms with Crippen molar-refractivity contribution >= 4 is 31.9 Å². The van der Waals surface area contributed by atoms with Crippen LogP contribution in [0.25, 0.3) is 0 Å². The minimum atomic E-state index is 0.0376. The van der Waals surface area contributed by atoms with E-state index in [4.69, 9.17) is 0 Å². The van der Waals surface area contributed by atoms with Crippen LogP contribution in [-0.2, 0) is 5.33 Å². The lowest BCUT2D eigenvalue weighted by atomic mass is 10.3. The van der Waals surface area contributed by atoms with Gasteiger partial charge in [-0.1, -0.05) is 15.9 Å². The van der Waals surface area contributed by atoms with Crippen LogP contribution in [0.5, 0.6) is 0 Å². The molecule has 10 heavy (non-hydrogen) atoms. The summed E-state index contributed by atoms with van der Waals surface area (Å²) in [4.78, 5) is 13.9. The second-order valence-electron chi connectivity index (χ2n) is 1.79. The first-order valence-electron chi connectivity index (χ1n) is 2.67. The quantitative estimate of drug-likeness (QED) is 0.776. The highest BCUT2D eigenvalue weighted by Crippen LogP contribution is 2.03. The number of hydrogen-bond donors (Lipinski definition) is 1. The molecular weight excluding hydrogens is 262 g/mol. The Kier molecular flexibility index (Phi) is 2.68. The lowest BCUT2D eigenvalue weighted by Gasteiger charge is -1.92. The predicted octanol–water partition coefficient (Wildman–Crippen LogP) is 2.03. The van der Waals surface area contributed by atoms with Gasteiger partial charge in [0.25, 0.3) is 0 Å². The summed E-state index contributed by atoms with van der Waals surface area (Å²) < 4.78 is 0.574. The fourth-order valence-corrected chi connectivity index (χ4v) is 1.40.